The summed E-state index contributed by atoms with van der Waals surface area (Å²) in [6, 6.07) is 9.02. The number of benzene rings is 1. The van der Waals surface area contributed by atoms with E-state index in [4.69, 9.17) is 4.74 Å². The SMILES string of the molecule is CC(C)Oc1ccc(NC(=O)c2cc(Br)c[nH]2)cc1. The van der Waals surface area contributed by atoms with E-state index in [1.165, 1.54) is 0 Å². The van der Waals surface area contributed by atoms with Crippen LogP contribution in [0.5, 0.6) is 5.75 Å². The van der Waals surface area contributed by atoms with Crippen molar-refractivity contribution >= 4 is 27.5 Å². The number of carbonyl (C=O) groups excluding carboxylic acids is 1. The number of ether oxygens (including phenoxy) is 1. The molecular weight excluding hydrogens is 308 g/mol. The molecule has 1 aromatic carbocycles. The van der Waals surface area contributed by atoms with Crippen molar-refractivity contribution in [2.75, 3.05) is 5.32 Å². The lowest BCUT2D eigenvalue weighted by Gasteiger charge is -2.10. The first-order chi connectivity index (χ1) is 9.04. The largest absolute Gasteiger partial charge is 0.491 e. The lowest BCUT2D eigenvalue weighted by atomic mass is 10.3. The van der Waals surface area contributed by atoms with Gasteiger partial charge in [0.1, 0.15) is 11.4 Å². The van der Waals surface area contributed by atoms with Gasteiger partial charge in [0.25, 0.3) is 5.91 Å². The quantitative estimate of drug-likeness (QED) is 0.899. The molecule has 0 spiro atoms. The highest BCUT2D eigenvalue weighted by molar-refractivity contribution is 9.10. The van der Waals surface area contributed by atoms with Gasteiger partial charge in [-0.2, -0.15) is 0 Å². The first-order valence-electron chi connectivity index (χ1n) is 5.96. The Balaban J connectivity index is 2.01. The zero-order valence-electron chi connectivity index (χ0n) is 10.7. The van der Waals surface area contributed by atoms with Gasteiger partial charge < -0.3 is 15.0 Å². The summed E-state index contributed by atoms with van der Waals surface area (Å²) in [5.74, 6) is 0.610. The van der Waals surface area contributed by atoms with Crippen LogP contribution >= 0.6 is 15.9 Å². The van der Waals surface area contributed by atoms with Crippen LogP contribution in [0, 0.1) is 0 Å². The van der Waals surface area contributed by atoms with Crippen molar-refractivity contribution < 1.29 is 9.53 Å². The van der Waals surface area contributed by atoms with Crippen LogP contribution in [0.3, 0.4) is 0 Å². The lowest BCUT2D eigenvalue weighted by molar-refractivity contribution is 0.102. The van der Waals surface area contributed by atoms with Crippen molar-refractivity contribution in [2.45, 2.75) is 20.0 Å². The molecule has 0 unspecified atom stereocenters. The Morgan fingerprint density at radius 1 is 1.32 bits per heavy atom. The number of hydrogen-bond acceptors (Lipinski definition) is 2. The van der Waals surface area contributed by atoms with Gasteiger partial charge in [0, 0.05) is 16.4 Å². The second kappa shape index (κ2) is 5.93. The monoisotopic (exact) mass is 322 g/mol. The van der Waals surface area contributed by atoms with E-state index in [0.717, 1.165) is 15.9 Å². The lowest BCUT2D eigenvalue weighted by Crippen LogP contribution is -2.12. The summed E-state index contributed by atoms with van der Waals surface area (Å²) < 4.78 is 6.38. The molecule has 0 saturated carbocycles. The molecule has 1 amide bonds. The molecule has 2 N–H and O–H groups in total. The molecule has 0 aliphatic carbocycles. The van der Waals surface area contributed by atoms with Crippen LogP contribution < -0.4 is 10.1 Å². The number of halogens is 1. The van der Waals surface area contributed by atoms with E-state index in [-0.39, 0.29) is 12.0 Å². The summed E-state index contributed by atoms with van der Waals surface area (Å²) in [5.41, 5.74) is 1.24. The summed E-state index contributed by atoms with van der Waals surface area (Å²) in [5, 5.41) is 2.81. The molecule has 0 bridgehead atoms. The molecule has 0 saturated heterocycles. The molecule has 0 fully saturated rings. The van der Waals surface area contributed by atoms with Crippen LogP contribution in [0.15, 0.2) is 41.0 Å². The van der Waals surface area contributed by atoms with E-state index in [1.54, 1.807) is 12.3 Å². The van der Waals surface area contributed by atoms with Gasteiger partial charge in [-0.1, -0.05) is 0 Å². The molecule has 0 radical (unpaired) electrons. The van der Waals surface area contributed by atoms with Gasteiger partial charge in [-0.3, -0.25) is 4.79 Å². The van der Waals surface area contributed by atoms with E-state index >= 15 is 0 Å². The molecule has 19 heavy (non-hydrogen) atoms. The van der Waals surface area contributed by atoms with Crippen LogP contribution in [-0.4, -0.2) is 17.0 Å². The summed E-state index contributed by atoms with van der Waals surface area (Å²) in [6.07, 6.45) is 1.85. The minimum atomic E-state index is -0.178. The second-order valence-electron chi connectivity index (χ2n) is 4.38. The maximum absolute atomic E-state index is 11.9. The standard InChI is InChI=1S/C14H15BrN2O2/c1-9(2)19-12-5-3-11(4-6-12)17-14(18)13-7-10(15)8-16-13/h3-9,16H,1-2H3,(H,17,18). The molecule has 4 nitrogen and oxygen atoms in total. The van der Waals surface area contributed by atoms with Crippen molar-refractivity contribution in [3.63, 3.8) is 0 Å². The number of aromatic amines is 1. The first kappa shape index (κ1) is 13.7. The predicted octanol–water partition coefficient (Wildman–Crippen LogP) is 3.82. The molecule has 100 valence electrons. The third-order valence-corrected chi connectivity index (χ3v) is 2.83. The van der Waals surface area contributed by atoms with E-state index in [0.29, 0.717) is 5.69 Å². The molecule has 5 heteroatoms. The zero-order chi connectivity index (χ0) is 13.8. The Morgan fingerprint density at radius 3 is 2.53 bits per heavy atom. The van der Waals surface area contributed by atoms with Crippen molar-refractivity contribution in [1.82, 2.24) is 4.98 Å². The van der Waals surface area contributed by atoms with Gasteiger partial charge in [0.05, 0.1) is 6.10 Å². The van der Waals surface area contributed by atoms with Gasteiger partial charge in [-0.25, -0.2) is 0 Å². The number of carbonyl (C=O) groups is 1. The summed E-state index contributed by atoms with van der Waals surface area (Å²) in [4.78, 5) is 14.8. The predicted molar refractivity (Wildman–Crippen MR) is 78.7 cm³/mol. The first-order valence-corrected chi connectivity index (χ1v) is 6.76. The maximum Gasteiger partial charge on any atom is 0.272 e. The Kier molecular flexibility index (Phi) is 4.27. The van der Waals surface area contributed by atoms with E-state index in [9.17, 15) is 4.79 Å². The second-order valence-corrected chi connectivity index (χ2v) is 5.29. The molecule has 2 rings (SSSR count). The zero-order valence-corrected chi connectivity index (χ0v) is 12.3. The number of H-pyrrole nitrogens is 1. The Bertz CT molecular complexity index is 561. The highest BCUT2D eigenvalue weighted by Gasteiger charge is 2.08. The summed E-state index contributed by atoms with van der Waals surface area (Å²) in [7, 11) is 0. The molecule has 0 aliphatic heterocycles. The van der Waals surface area contributed by atoms with Gasteiger partial charge in [0.2, 0.25) is 0 Å². The van der Waals surface area contributed by atoms with Crippen LogP contribution in [-0.2, 0) is 0 Å². The van der Waals surface area contributed by atoms with Crippen molar-refractivity contribution in [2.24, 2.45) is 0 Å². The molecule has 2 aromatic rings. The minimum Gasteiger partial charge on any atom is -0.491 e. The van der Waals surface area contributed by atoms with Crippen LogP contribution in [0.2, 0.25) is 0 Å². The number of nitrogens with one attached hydrogen (secondary N) is 2. The van der Waals surface area contributed by atoms with E-state index < -0.39 is 0 Å². The third-order valence-electron chi connectivity index (χ3n) is 2.38. The van der Waals surface area contributed by atoms with Crippen LogP contribution in [0.4, 0.5) is 5.69 Å². The van der Waals surface area contributed by atoms with Crippen molar-refractivity contribution in [1.29, 1.82) is 0 Å². The summed E-state index contributed by atoms with van der Waals surface area (Å²) in [6.45, 7) is 3.94. The van der Waals surface area contributed by atoms with E-state index in [2.05, 4.69) is 26.2 Å². The van der Waals surface area contributed by atoms with E-state index in [1.807, 2.05) is 38.1 Å². The fourth-order valence-corrected chi connectivity index (χ4v) is 1.93. The topological polar surface area (TPSA) is 54.1 Å². The van der Waals surface area contributed by atoms with Crippen molar-refractivity contribution in [3.05, 3.63) is 46.7 Å². The molecule has 0 atom stereocenters. The normalized spacial score (nSPS) is 10.5. The Labute approximate surface area is 120 Å². The number of amides is 1. The fourth-order valence-electron chi connectivity index (χ4n) is 1.59. The van der Waals surface area contributed by atoms with Gasteiger partial charge in [0.15, 0.2) is 0 Å². The fraction of sp³-hybridized carbons (Fsp3) is 0.214. The molecule has 1 aromatic heterocycles. The average Bonchev–Trinajstić information content (AvgIpc) is 2.78. The summed E-state index contributed by atoms with van der Waals surface area (Å²) >= 11 is 3.29. The number of hydrogen-bond donors (Lipinski definition) is 2. The average molecular weight is 323 g/mol. The smallest absolute Gasteiger partial charge is 0.272 e. The molecular formula is C14H15BrN2O2. The Hall–Kier alpha value is -1.75. The minimum absolute atomic E-state index is 0.136. The van der Waals surface area contributed by atoms with Gasteiger partial charge in [-0.05, 0) is 60.1 Å². The van der Waals surface area contributed by atoms with Crippen molar-refractivity contribution in [3.8, 4) is 5.75 Å². The molecule has 0 aliphatic rings. The number of aromatic nitrogens is 1. The van der Waals surface area contributed by atoms with Gasteiger partial charge >= 0.3 is 0 Å². The highest BCUT2D eigenvalue weighted by Crippen LogP contribution is 2.18. The number of rotatable bonds is 4. The van der Waals surface area contributed by atoms with Crippen LogP contribution in [0.25, 0.3) is 0 Å². The highest BCUT2D eigenvalue weighted by atomic mass is 79.9. The van der Waals surface area contributed by atoms with Gasteiger partial charge in [-0.15, -0.1) is 0 Å². The maximum atomic E-state index is 11.9. The number of anilines is 1. The van der Waals surface area contributed by atoms with Crippen LogP contribution in [0.1, 0.15) is 24.3 Å². The molecule has 1 heterocycles. The third kappa shape index (κ3) is 3.86. The Morgan fingerprint density at radius 2 is 2.00 bits per heavy atom.